The van der Waals surface area contributed by atoms with Crippen molar-refractivity contribution in [3.05, 3.63) is 18.0 Å². The fourth-order valence-electron chi connectivity index (χ4n) is 0.673. The summed E-state index contributed by atoms with van der Waals surface area (Å²) >= 11 is 0. The van der Waals surface area contributed by atoms with E-state index in [2.05, 4.69) is 15.0 Å². The molecule has 0 radical (unpaired) electrons. The average Bonchev–Trinajstić information content (AvgIpc) is 1.88. The number of aromatic nitrogens is 3. The van der Waals surface area contributed by atoms with E-state index in [0.717, 1.165) is 18.1 Å². The summed E-state index contributed by atoms with van der Waals surface area (Å²) < 4.78 is 0. The molecule has 0 saturated carbocycles. The van der Waals surface area contributed by atoms with Crippen LogP contribution in [0.3, 0.4) is 0 Å². The molecule has 0 aliphatic carbocycles. The third kappa shape index (κ3) is 1.73. The summed E-state index contributed by atoms with van der Waals surface area (Å²) in [5.41, 5.74) is 5.31. The maximum Gasteiger partial charge on any atom is 0.133 e. The van der Waals surface area contributed by atoms with Gasteiger partial charge in [0.15, 0.2) is 0 Å². The lowest BCUT2D eigenvalue weighted by Gasteiger charge is -1.95. The Balaban J connectivity index is 2.75. The van der Waals surface area contributed by atoms with Crippen molar-refractivity contribution >= 4 is 0 Å². The van der Waals surface area contributed by atoms with Crippen LogP contribution in [0.25, 0.3) is 0 Å². The summed E-state index contributed by atoms with van der Waals surface area (Å²) in [5.74, 6) is 1.52. The first-order valence-electron chi connectivity index (χ1n) is 3.17. The highest BCUT2D eigenvalue weighted by Crippen LogP contribution is 1.88. The second kappa shape index (κ2) is 3.22. The molecule has 0 amide bonds. The van der Waals surface area contributed by atoms with Crippen molar-refractivity contribution in [3.63, 3.8) is 0 Å². The van der Waals surface area contributed by atoms with Crippen LogP contribution in [0.5, 0.6) is 0 Å². The molecule has 1 rings (SSSR count). The van der Waals surface area contributed by atoms with Crippen LogP contribution >= 0.6 is 0 Å². The SMILES string of the molecule is Cc1ncnc(CCN)n1. The first kappa shape index (κ1) is 7.08. The van der Waals surface area contributed by atoms with Gasteiger partial charge < -0.3 is 5.73 Å². The van der Waals surface area contributed by atoms with Crippen LogP contribution in [-0.4, -0.2) is 21.5 Å². The number of nitrogens with two attached hydrogens (primary N) is 1. The van der Waals surface area contributed by atoms with E-state index in [1.807, 2.05) is 6.92 Å². The van der Waals surface area contributed by atoms with Gasteiger partial charge in [0.2, 0.25) is 0 Å². The minimum atomic E-state index is 0.587. The molecule has 4 heteroatoms. The van der Waals surface area contributed by atoms with Gasteiger partial charge in [-0.25, -0.2) is 15.0 Å². The summed E-state index contributed by atoms with van der Waals surface area (Å²) in [5, 5.41) is 0. The Hall–Kier alpha value is -1.03. The van der Waals surface area contributed by atoms with Gasteiger partial charge in [-0.15, -0.1) is 0 Å². The largest absolute Gasteiger partial charge is 0.330 e. The van der Waals surface area contributed by atoms with E-state index >= 15 is 0 Å². The zero-order chi connectivity index (χ0) is 7.40. The summed E-state index contributed by atoms with van der Waals surface area (Å²) in [6.07, 6.45) is 2.23. The normalized spacial score (nSPS) is 9.80. The molecule has 0 atom stereocenters. The van der Waals surface area contributed by atoms with Crippen molar-refractivity contribution in [1.82, 2.24) is 15.0 Å². The predicted octanol–water partition coefficient (Wildman–Crippen LogP) is -0.319. The maximum absolute atomic E-state index is 5.31. The highest BCUT2D eigenvalue weighted by atomic mass is 15.0. The summed E-state index contributed by atoms with van der Waals surface area (Å²) in [4.78, 5) is 11.8. The quantitative estimate of drug-likeness (QED) is 0.608. The average molecular weight is 138 g/mol. The number of nitrogens with zero attached hydrogens (tertiary/aromatic N) is 3. The van der Waals surface area contributed by atoms with E-state index in [1.54, 1.807) is 0 Å². The van der Waals surface area contributed by atoms with E-state index < -0.39 is 0 Å². The van der Waals surface area contributed by atoms with Gasteiger partial charge in [-0.3, -0.25) is 0 Å². The fraction of sp³-hybridized carbons (Fsp3) is 0.500. The van der Waals surface area contributed by atoms with E-state index in [1.165, 1.54) is 6.33 Å². The standard InChI is InChI=1S/C6H10N4/c1-5-8-4-9-6(10-5)2-3-7/h4H,2-3,7H2,1H3. The van der Waals surface area contributed by atoms with Crippen molar-refractivity contribution in [2.24, 2.45) is 5.73 Å². The van der Waals surface area contributed by atoms with Crippen LogP contribution in [0.15, 0.2) is 6.33 Å². The van der Waals surface area contributed by atoms with Gasteiger partial charge in [-0.05, 0) is 13.5 Å². The van der Waals surface area contributed by atoms with Crippen LogP contribution in [0.1, 0.15) is 11.6 Å². The van der Waals surface area contributed by atoms with Crippen LogP contribution < -0.4 is 5.73 Å². The van der Waals surface area contributed by atoms with Crippen molar-refractivity contribution in [2.75, 3.05) is 6.54 Å². The monoisotopic (exact) mass is 138 g/mol. The van der Waals surface area contributed by atoms with E-state index in [4.69, 9.17) is 5.73 Å². The Labute approximate surface area is 59.5 Å². The Morgan fingerprint density at radius 2 is 2.30 bits per heavy atom. The minimum Gasteiger partial charge on any atom is -0.330 e. The van der Waals surface area contributed by atoms with Crippen LogP contribution in [0.4, 0.5) is 0 Å². The molecule has 0 spiro atoms. The molecule has 0 aliphatic heterocycles. The van der Waals surface area contributed by atoms with Crippen LogP contribution in [-0.2, 0) is 6.42 Å². The zero-order valence-corrected chi connectivity index (χ0v) is 5.91. The third-order valence-electron chi connectivity index (χ3n) is 1.11. The molecule has 0 bridgehead atoms. The molecule has 0 aliphatic rings. The fourth-order valence-corrected chi connectivity index (χ4v) is 0.673. The molecule has 0 aromatic carbocycles. The molecule has 0 unspecified atom stereocenters. The first-order valence-corrected chi connectivity index (χ1v) is 3.17. The van der Waals surface area contributed by atoms with E-state index in [-0.39, 0.29) is 0 Å². The minimum absolute atomic E-state index is 0.587. The first-order chi connectivity index (χ1) is 4.83. The lowest BCUT2D eigenvalue weighted by atomic mass is 10.4. The van der Waals surface area contributed by atoms with Gasteiger partial charge in [-0.2, -0.15) is 0 Å². The Kier molecular flexibility index (Phi) is 2.28. The second-order valence-electron chi connectivity index (χ2n) is 1.99. The van der Waals surface area contributed by atoms with Gasteiger partial charge in [0.05, 0.1) is 0 Å². The topological polar surface area (TPSA) is 64.7 Å². The summed E-state index contributed by atoms with van der Waals surface area (Å²) in [7, 11) is 0. The molecule has 1 heterocycles. The van der Waals surface area contributed by atoms with Crippen molar-refractivity contribution < 1.29 is 0 Å². The Morgan fingerprint density at radius 3 is 2.90 bits per heavy atom. The van der Waals surface area contributed by atoms with Gasteiger partial charge in [0.1, 0.15) is 18.0 Å². The smallest absolute Gasteiger partial charge is 0.133 e. The molecule has 1 aromatic rings. The molecule has 2 N–H and O–H groups in total. The number of hydrogen-bond acceptors (Lipinski definition) is 4. The molecule has 1 aromatic heterocycles. The molecule has 10 heavy (non-hydrogen) atoms. The Morgan fingerprint density at radius 1 is 1.50 bits per heavy atom. The van der Waals surface area contributed by atoms with Gasteiger partial charge in [-0.1, -0.05) is 0 Å². The molecule has 0 fully saturated rings. The van der Waals surface area contributed by atoms with Crippen LogP contribution in [0.2, 0.25) is 0 Å². The molecular formula is C6H10N4. The van der Waals surface area contributed by atoms with E-state index in [9.17, 15) is 0 Å². The highest BCUT2D eigenvalue weighted by Gasteiger charge is 1.93. The summed E-state index contributed by atoms with van der Waals surface area (Å²) in [6, 6.07) is 0. The predicted molar refractivity (Wildman–Crippen MR) is 37.3 cm³/mol. The lowest BCUT2D eigenvalue weighted by Crippen LogP contribution is -2.07. The zero-order valence-electron chi connectivity index (χ0n) is 5.91. The molecular weight excluding hydrogens is 128 g/mol. The number of hydrogen-bond donors (Lipinski definition) is 1. The second-order valence-corrected chi connectivity index (χ2v) is 1.99. The molecule has 4 nitrogen and oxygen atoms in total. The third-order valence-corrected chi connectivity index (χ3v) is 1.11. The van der Waals surface area contributed by atoms with Crippen molar-refractivity contribution in [2.45, 2.75) is 13.3 Å². The highest BCUT2D eigenvalue weighted by molar-refractivity contribution is 4.88. The van der Waals surface area contributed by atoms with Crippen molar-refractivity contribution in [1.29, 1.82) is 0 Å². The van der Waals surface area contributed by atoms with Crippen molar-refractivity contribution in [3.8, 4) is 0 Å². The number of aryl methyl sites for hydroxylation is 1. The maximum atomic E-state index is 5.31. The van der Waals surface area contributed by atoms with Gasteiger partial charge in [0, 0.05) is 6.42 Å². The van der Waals surface area contributed by atoms with Crippen LogP contribution in [0, 0.1) is 6.92 Å². The molecule has 54 valence electrons. The summed E-state index contributed by atoms with van der Waals surface area (Å²) in [6.45, 7) is 2.42. The van der Waals surface area contributed by atoms with Gasteiger partial charge >= 0.3 is 0 Å². The van der Waals surface area contributed by atoms with E-state index in [0.29, 0.717) is 6.54 Å². The number of rotatable bonds is 2. The molecule has 0 saturated heterocycles. The lowest BCUT2D eigenvalue weighted by molar-refractivity contribution is 0.822. The van der Waals surface area contributed by atoms with Gasteiger partial charge in [0.25, 0.3) is 0 Å². The Bertz CT molecular complexity index is 211.